The number of morpholine rings is 1. The van der Waals surface area contributed by atoms with Gasteiger partial charge in [0.1, 0.15) is 0 Å². The van der Waals surface area contributed by atoms with E-state index in [0.29, 0.717) is 38.0 Å². The molecule has 1 N–H and O–H groups in total. The molecule has 1 aliphatic heterocycles. The molecular formula is C18H23N3O3. The van der Waals surface area contributed by atoms with E-state index in [2.05, 4.69) is 15.0 Å². The Morgan fingerprint density at radius 1 is 1.25 bits per heavy atom. The van der Waals surface area contributed by atoms with E-state index in [1.807, 2.05) is 30.3 Å². The van der Waals surface area contributed by atoms with E-state index in [1.54, 1.807) is 0 Å². The van der Waals surface area contributed by atoms with E-state index >= 15 is 0 Å². The third kappa shape index (κ3) is 3.66. The lowest BCUT2D eigenvalue weighted by Crippen LogP contribution is -2.45. The molecule has 0 amide bonds. The number of aliphatic hydroxyl groups is 1. The molecule has 0 radical (unpaired) electrons. The molecule has 6 nitrogen and oxygen atoms in total. The highest BCUT2D eigenvalue weighted by molar-refractivity contribution is 5.17. The minimum Gasteiger partial charge on any atom is -0.388 e. The Labute approximate surface area is 141 Å². The van der Waals surface area contributed by atoms with Gasteiger partial charge in [0.15, 0.2) is 5.82 Å². The number of ether oxygens (including phenoxy) is 1. The largest absolute Gasteiger partial charge is 0.388 e. The summed E-state index contributed by atoms with van der Waals surface area (Å²) in [4.78, 5) is 6.79. The number of hydrogen-bond donors (Lipinski definition) is 1. The predicted octanol–water partition coefficient (Wildman–Crippen LogP) is 2.27. The van der Waals surface area contributed by atoms with E-state index in [1.165, 1.54) is 12.8 Å². The summed E-state index contributed by atoms with van der Waals surface area (Å²) in [5.41, 5.74) is 0.942. The van der Waals surface area contributed by atoms with Crippen molar-refractivity contribution in [2.45, 2.75) is 43.9 Å². The van der Waals surface area contributed by atoms with Crippen LogP contribution in [0.3, 0.4) is 0 Å². The van der Waals surface area contributed by atoms with Gasteiger partial charge in [-0.3, -0.25) is 4.90 Å². The van der Waals surface area contributed by atoms with Crippen LogP contribution in [-0.4, -0.2) is 45.9 Å². The van der Waals surface area contributed by atoms with Crippen LogP contribution in [0.4, 0.5) is 0 Å². The molecule has 1 aliphatic carbocycles. The van der Waals surface area contributed by atoms with Crippen LogP contribution in [0.25, 0.3) is 0 Å². The van der Waals surface area contributed by atoms with Crippen molar-refractivity contribution in [2.75, 3.05) is 19.8 Å². The highest BCUT2D eigenvalue weighted by Gasteiger charge is 2.31. The average Bonchev–Trinajstić information content (AvgIpc) is 3.37. The molecule has 128 valence electrons. The second-order valence-corrected chi connectivity index (χ2v) is 6.68. The van der Waals surface area contributed by atoms with Crippen molar-refractivity contribution in [1.29, 1.82) is 0 Å². The normalized spacial score (nSPS) is 23.3. The quantitative estimate of drug-likeness (QED) is 0.876. The van der Waals surface area contributed by atoms with Gasteiger partial charge in [-0.1, -0.05) is 35.5 Å². The number of aromatic nitrogens is 2. The van der Waals surface area contributed by atoms with Gasteiger partial charge in [0.2, 0.25) is 5.89 Å². The second-order valence-electron chi connectivity index (χ2n) is 6.68. The summed E-state index contributed by atoms with van der Waals surface area (Å²) in [6, 6.07) is 9.92. The summed E-state index contributed by atoms with van der Waals surface area (Å²) in [6.07, 6.45) is 2.48. The van der Waals surface area contributed by atoms with Gasteiger partial charge in [0.05, 0.1) is 25.9 Å². The van der Waals surface area contributed by atoms with Gasteiger partial charge in [0, 0.05) is 18.5 Å². The van der Waals surface area contributed by atoms with E-state index in [-0.39, 0.29) is 6.04 Å². The van der Waals surface area contributed by atoms with Crippen molar-refractivity contribution in [3.05, 3.63) is 47.6 Å². The highest BCUT2D eigenvalue weighted by atomic mass is 16.5. The fourth-order valence-corrected chi connectivity index (χ4v) is 3.20. The Kier molecular flexibility index (Phi) is 4.60. The lowest BCUT2D eigenvalue weighted by Gasteiger charge is -2.35. The molecule has 2 aromatic rings. The molecule has 1 saturated heterocycles. The molecule has 2 fully saturated rings. The van der Waals surface area contributed by atoms with Crippen molar-refractivity contribution in [1.82, 2.24) is 15.0 Å². The van der Waals surface area contributed by atoms with Crippen LogP contribution in [-0.2, 0) is 11.3 Å². The van der Waals surface area contributed by atoms with Crippen LogP contribution in [0.5, 0.6) is 0 Å². The zero-order valence-electron chi connectivity index (χ0n) is 13.7. The Balaban J connectivity index is 1.40. The van der Waals surface area contributed by atoms with E-state index in [9.17, 15) is 5.11 Å². The molecule has 4 rings (SSSR count). The van der Waals surface area contributed by atoms with Crippen LogP contribution < -0.4 is 0 Å². The van der Waals surface area contributed by atoms with Gasteiger partial charge < -0.3 is 14.4 Å². The zero-order chi connectivity index (χ0) is 16.4. The number of rotatable bonds is 6. The Bertz CT molecular complexity index is 657. The van der Waals surface area contributed by atoms with Crippen LogP contribution in [0.1, 0.15) is 48.6 Å². The molecule has 1 aromatic heterocycles. The van der Waals surface area contributed by atoms with E-state index in [4.69, 9.17) is 9.26 Å². The SMILES string of the molecule is OC(CC1COCCN1Cc1nc(C2CC2)no1)c1ccccc1. The van der Waals surface area contributed by atoms with Crippen molar-refractivity contribution in [3.63, 3.8) is 0 Å². The fraction of sp³-hybridized carbons (Fsp3) is 0.556. The van der Waals surface area contributed by atoms with Crippen molar-refractivity contribution in [3.8, 4) is 0 Å². The lowest BCUT2D eigenvalue weighted by molar-refractivity contribution is -0.0335. The van der Waals surface area contributed by atoms with Crippen LogP contribution in [0.2, 0.25) is 0 Å². The summed E-state index contributed by atoms with van der Waals surface area (Å²) in [5, 5.41) is 14.6. The first-order chi connectivity index (χ1) is 11.8. The van der Waals surface area contributed by atoms with Crippen molar-refractivity contribution >= 4 is 0 Å². The molecular weight excluding hydrogens is 306 g/mol. The van der Waals surface area contributed by atoms with Gasteiger partial charge in [-0.25, -0.2) is 0 Å². The molecule has 2 unspecified atom stereocenters. The lowest BCUT2D eigenvalue weighted by atomic mass is 10.0. The Morgan fingerprint density at radius 2 is 2.08 bits per heavy atom. The van der Waals surface area contributed by atoms with E-state index in [0.717, 1.165) is 17.9 Å². The summed E-state index contributed by atoms with van der Waals surface area (Å²) in [7, 11) is 0. The van der Waals surface area contributed by atoms with Gasteiger partial charge in [0.25, 0.3) is 0 Å². The summed E-state index contributed by atoms with van der Waals surface area (Å²) >= 11 is 0. The number of nitrogens with zero attached hydrogens (tertiary/aromatic N) is 3. The third-order valence-electron chi connectivity index (χ3n) is 4.79. The summed E-state index contributed by atoms with van der Waals surface area (Å²) in [6.45, 7) is 2.75. The minimum absolute atomic E-state index is 0.144. The first kappa shape index (κ1) is 15.7. The molecule has 2 atom stereocenters. The van der Waals surface area contributed by atoms with Crippen LogP contribution >= 0.6 is 0 Å². The first-order valence-electron chi connectivity index (χ1n) is 8.67. The standard InChI is InChI=1S/C18H23N3O3/c22-16(13-4-2-1-3-5-13)10-15-12-23-9-8-21(15)11-17-19-18(20-24-17)14-6-7-14/h1-5,14-16,22H,6-12H2. The minimum atomic E-state index is -0.495. The molecule has 24 heavy (non-hydrogen) atoms. The maximum absolute atomic E-state index is 10.5. The predicted molar refractivity (Wildman–Crippen MR) is 87.3 cm³/mol. The van der Waals surface area contributed by atoms with Gasteiger partial charge >= 0.3 is 0 Å². The van der Waals surface area contributed by atoms with E-state index < -0.39 is 6.10 Å². The molecule has 2 aliphatic rings. The van der Waals surface area contributed by atoms with Gasteiger partial charge in [-0.2, -0.15) is 4.98 Å². The van der Waals surface area contributed by atoms with Crippen LogP contribution in [0, 0.1) is 0 Å². The monoisotopic (exact) mass is 329 g/mol. The Hall–Kier alpha value is -1.76. The molecule has 6 heteroatoms. The zero-order valence-corrected chi connectivity index (χ0v) is 13.7. The van der Waals surface area contributed by atoms with Crippen molar-refractivity contribution in [2.24, 2.45) is 0 Å². The highest BCUT2D eigenvalue weighted by Crippen LogP contribution is 2.38. The van der Waals surface area contributed by atoms with Gasteiger partial charge in [-0.15, -0.1) is 0 Å². The van der Waals surface area contributed by atoms with Crippen molar-refractivity contribution < 1.29 is 14.4 Å². The second kappa shape index (κ2) is 7.01. The fourth-order valence-electron chi connectivity index (χ4n) is 3.20. The average molecular weight is 329 g/mol. The number of hydrogen-bond acceptors (Lipinski definition) is 6. The molecule has 0 bridgehead atoms. The number of benzene rings is 1. The Morgan fingerprint density at radius 3 is 2.88 bits per heavy atom. The van der Waals surface area contributed by atoms with Gasteiger partial charge in [-0.05, 0) is 24.8 Å². The smallest absolute Gasteiger partial charge is 0.240 e. The topological polar surface area (TPSA) is 71.6 Å². The first-order valence-corrected chi connectivity index (χ1v) is 8.67. The maximum atomic E-state index is 10.5. The third-order valence-corrected chi connectivity index (χ3v) is 4.79. The molecule has 1 aromatic carbocycles. The molecule has 0 spiro atoms. The van der Waals surface area contributed by atoms with Crippen LogP contribution in [0.15, 0.2) is 34.9 Å². The summed E-state index contributed by atoms with van der Waals surface area (Å²) < 4.78 is 11.0. The molecule has 2 heterocycles. The maximum Gasteiger partial charge on any atom is 0.240 e. The summed E-state index contributed by atoms with van der Waals surface area (Å²) in [5.74, 6) is 2.01. The number of aliphatic hydroxyl groups excluding tert-OH is 1. The molecule has 1 saturated carbocycles.